The largest absolute Gasteiger partial charge is 0.507 e. The number of ketones is 1. The lowest BCUT2D eigenvalue weighted by atomic mass is 9.85. The Morgan fingerprint density at radius 1 is 0.949 bits per heavy atom. The van der Waals surface area contributed by atoms with Crippen LogP contribution in [0.15, 0.2) is 78.4 Å². The van der Waals surface area contributed by atoms with E-state index in [1.165, 1.54) is 4.90 Å². The fourth-order valence-electron chi connectivity index (χ4n) is 4.67. The zero-order valence-electron chi connectivity index (χ0n) is 22.8. The molecule has 1 fully saturated rings. The number of nitrogens with zero attached hydrogens (tertiary/aromatic N) is 1. The number of hydrogen-bond donors (Lipinski definition) is 2. The fourth-order valence-corrected chi connectivity index (χ4v) is 4.67. The molecule has 1 atom stereocenters. The standard InChI is InChI=1S/C32H33NO6/c1-19(2)39-25-8-6-7-22(18-25)29(36)27-28(21-11-13-23(14-12-21)32(3,4)5)33(31(38)30(27)37)24-15-9-20(10-16-24)17-26(34)35/h6-16,18-19,28,36H,17H2,1-5H3,(H,34,35)/b29-27-. The second kappa shape index (κ2) is 10.8. The van der Waals surface area contributed by atoms with Gasteiger partial charge in [0.1, 0.15) is 11.5 Å². The topological polar surface area (TPSA) is 104 Å². The number of aliphatic hydroxyl groups excluding tert-OH is 1. The van der Waals surface area contributed by atoms with E-state index < -0.39 is 23.7 Å². The summed E-state index contributed by atoms with van der Waals surface area (Å²) in [5.74, 6) is -2.31. The highest BCUT2D eigenvalue weighted by Gasteiger charge is 2.47. The van der Waals surface area contributed by atoms with Crippen LogP contribution in [0.3, 0.4) is 0 Å². The minimum atomic E-state index is -0.967. The molecule has 0 aromatic heterocycles. The summed E-state index contributed by atoms with van der Waals surface area (Å²) in [6, 6.07) is 20.0. The number of rotatable bonds is 7. The number of ether oxygens (including phenoxy) is 1. The van der Waals surface area contributed by atoms with Crippen LogP contribution in [0.4, 0.5) is 5.69 Å². The molecule has 202 valence electrons. The van der Waals surface area contributed by atoms with Gasteiger partial charge in [0.25, 0.3) is 11.7 Å². The van der Waals surface area contributed by atoms with E-state index in [0.717, 1.165) is 5.56 Å². The number of anilines is 1. The van der Waals surface area contributed by atoms with Crippen LogP contribution in [-0.2, 0) is 26.2 Å². The maximum absolute atomic E-state index is 13.5. The number of carbonyl (C=O) groups excluding carboxylic acids is 2. The van der Waals surface area contributed by atoms with Crippen LogP contribution in [0.1, 0.15) is 62.9 Å². The van der Waals surface area contributed by atoms with Gasteiger partial charge in [-0.3, -0.25) is 19.3 Å². The lowest BCUT2D eigenvalue weighted by molar-refractivity contribution is -0.136. The highest BCUT2D eigenvalue weighted by Crippen LogP contribution is 2.43. The summed E-state index contributed by atoms with van der Waals surface area (Å²) in [4.78, 5) is 39.4. The van der Waals surface area contributed by atoms with Gasteiger partial charge in [-0.05, 0) is 60.2 Å². The third-order valence-corrected chi connectivity index (χ3v) is 6.59. The summed E-state index contributed by atoms with van der Waals surface area (Å²) in [7, 11) is 0. The third kappa shape index (κ3) is 5.87. The van der Waals surface area contributed by atoms with Gasteiger partial charge in [-0.15, -0.1) is 0 Å². The molecule has 3 aromatic rings. The molecule has 1 aliphatic heterocycles. The highest BCUT2D eigenvalue weighted by molar-refractivity contribution is 6.51. The van der Waals surface area contributed by atoms with Gasteiger partial charge < -0.3 is 14.9 Å². The van der Waals surface area contributed by atoms with E-state index >= 15 is 0 Å². The number of Topliss-reactive ketones (excluding diaryl/α,β-unsaturated/α-hetero) is 1. The molecule has 1 aliphatic rings. The van der Waals surface area contributed by atoms with E-state index in [9.17, 15) is 19.5 Å². The number of benzene rings is 3. The van der Waals surface area contributed by atoms with Crippen LogP contribution in [0.25, 0.3) is 5.76 Å². The normalized spacial score (nSPS) is 17.1. The van der Waals surface area contributed by atoms with Crippen molar-refractivity contribution in [2.24, 2.45) is 0 Å². The van der Waals surface area contributed by atoms with Gasteiger partial charge in [0, 0.05) is 11.3 Å². The van der Waals surface area contributed by atoms with Gasteiger partial charge in [0.2, 0.25) is 0 Å². The zero-order valence-corrected chi connectivity index (χ0v) is 22.8. The lowest BCUT2D eigenvalue weighted by Crippen LogP contribution is -2.29. The van der Waals surface area contributed by atoms with Crippen molar-refractivity contribution in [2.45, 2.75) is 58.6 Å². The van der Waals surface area contributed by atoms with Crippen molar-refractivity contribution in [3.63, 3.8) is 0 Å². The molecular formula is C32H33NO6. The van der Waals surface area contributed by atoms with Crippen LogP contribution in [-0.4, -0.2) is 34.0 Å². The Hall–Kier alpha value is -4.39. The minimum Gasteiger partial charge on any atom is -0.507 e. The van der Waals surface area contributed by atoms with Gasteiger partial charge in [0.15, 0.2) is 0 Å². The van der Waals surface area contributed by atoms with Crippen molar-refractivity contribution in [2.75, 3.05) is 4.90 Å². The Kier molecular flexibility index (Phi) is 7.63. The Balaban J connectivity index is 1.87. The number of hydrogen-bond acceptors (Lipinski definition) is 5. The second-order valence-corrected chi connectivity index (χ2v) is 11.0. The summed E-state index contributed by atoms with van der Waals surface area (Å²) < 4.78 is 5.76. The first kappa shape index (κ1) is 27.6. The predicted octanol–water partition coefficient (Wildman–Crippen LogP) is 6.02. The molecule has 0 saturated carbocycles. The number of carboxylic acids is 1. The van der Waals surface area contributed by atoms with Crippen LogP contribution < -0.4 is 9.64 Å². The molecule has 0 aliphatic carbocycles. The molecule has 0 bridgehead atoms. The molecule has 1 amide bonds. The molecule has 1 heterocycles. The number of aliphatic hydroxyl groups is 1. The molecule has 1 saturated heterocycles. The van der Waals surface area contributed by atoms with Crippen molar-refractivity contribution in [1.29, 1.82) is 0 Å². The number of carbonyl (C=O) groups is 3. The van der Waals surface area contributed by atoms with Crippen LogP contribution in [0, 0.1) is 0 Å². The summed E-state index contributed by atoms with van der Waals surface area (Å²) in [6.07, 6.45) is -0.246. The number of amides is 1. The average Bonchev–Trinajstić information content (AvgIpc) is 3.13. The Bertz CT molecular complexity index is 1430. The monoisotopic (exact) mass is 527 g/mol. The predicted molar refractivity (Wildman–Crippen MR) is 150 cm³/mol. The maximum atomic E-state index is 13.5. The second-order valence-electron chi connectivity index (χ2n) is 11.0. The Morgan fingerprint density at radius 2 is 1.59 bits per heavy atom. The van der Waals surface area contributed by atoms with Gasteiger partial charge in [0.05, 0.1) is 24.1 Å². The van der Waals surface area contributed by atoms with Crippen molar-refractivity contribution in [3.8, 4) is 5.75 Å². The van der Waals surface area contributed by atoms with Crippen molar-refractivity contribution in [1.82, 2.24) is 0 Å². The quantitative estimate of drug-likeness (QED) is 0.221. The van der Waals surface area contributed by atoms with Crippen molar-refractivity contribution in [3.05, 3.63) is 101 Å². The van der Waals surface area contributed by atoms with Gasteiger partial charge in [-0.25, -0.2) is 0 Å². The molecule has 39 heavy (non-hydrogen) atoms. The van der Waals surface area contributed by atoms with Crippen molar-refractivity contribution >= 4 is 29.1 Å². The SMILES string of the molecule is CC(C)Oc1cccc(/C(O)=C2/C(=O)C(=O)N(c3ccc(CC(=O)O)cc3)C2c2ccc(C(C)(C)C)cc2)c1. The molecule has 1 unspecified atom stereocenters. The first-order valence-corrected chi connectivity index (χ1v) is 12.9. The van der Waals surface area contributed by atoms with E-state index in [-0.39, 0.29) is 29.3 Å². The van der Waals surface area contributed by atoms with E-state index in [4.69, 9.17) is 9.84 Å². The molecule has 7 nitrogen and oxygen atoms in total. The van der Waals surface area contributed by atoms with Crippen LogP contribution >= 0.6 is 0 Å². The summed E-state index contributed by atoms with van der Waals surface area (Å²) in [5, 5.41) is 20.6. The first-order chi connectivity index (χ1) is 18.4. The van der Waals surface area contributed by atoms with Gasteiger partial charge in [-0.2, -0.15) is 0 Å². The van der Waals surface area contributed by atoms with E-state index in [1.807, 2.05) is 38.1 Å². The molecule has 4 rings (SSSR count). The molecule has 3 aromatic carbocycles. The first-order valence-electron chi connectivity index (χ1n) is 12.9. The molecular weight excluding hydrogens is 494 g/mol. The highest BCUT2D eigenvalue weighted by atomic mass is 16.5. The van der Waals surface area contributed by atoms with E-state index in [0.29, 0.717) is 28.1 Å². The number of aliphatic carboxylic acids is 1. The fraction of sp³-hybridized carbons (Fsp3) is 0.281. The summed E-state index contributed by atoms with van der Waals surface area (Å²) in [5.41, 5.74) is 2.96. The van der Waals surface area contributed by atoms with Gasteiger partial charge in [-0.1, -0.05) is 69.3 Å². The average molecular weight is 528 g/mol. The van der Waals surface area contributed by atoms with Crippen LogP contribution in [0.5, 0.6) is 5.75 Å². The molecule has 7 heteroatoms. The molecule has 0 radical (unpaired) electrons. The minimum absolute atomic E-state index is 0.0279. The lowest BCUT2D eigenvalue weighted by Gasteiger charge is -2.27. The Labute approximate surface area is 228 Å². The van der Waals surface area contributed by atoms with E-state index in [2.05, 4.69) is 20.8 Å². The smallest absolute Gasteiger partial charge is 0.307 e. The summed E-state index contributed by atoms with van der Waals surface area (Å²) >= 11 is 0. The third-order valence-electron chi connectivity index (χ3n) is 6.59. The molecule has 2 N–H and O–H groups in total. The Morgan fingerprint density at radius 3 is 2.15 bits per heavy atom. The zero-order chi connectivity index (χ0) is 28.5. The van der Waals surface area contributed by atoms with Crippen molar-refractivity contribution < 1.29 is 29.3 Å². The van der Waals surface area contributed by atoms with Gasteiger partial charge >= 0.3 is 5.97 Å². The maximum Gasteiger partial charge on any atom is 0.307 e. The number of carboxylic acid groups (broad SMARTS) is 1. The van der Waals surface area contributed by atoms with E-state index in [1.54, 1.807) is 48.5 Å². The summed E-state index contributed by atoms with van der Waals surface area (Å²) in [6.45, 7) is 10.1. The van der Waals surface area contributed by atoms with Crippen LogP contribution in [0.2, 0.25) is 0 Å². The molecule has 0 spiro atoms.